The highest BCUT2D eigenvalue weighted by Gasteiger charge is 2.49. The molecule has 2 aromatic carbocycles. The summed E-state index contributed by atoms with van der Waals surface area (Å²) in [6.07, 6.45) is 6.98. The fraction of sp³-hybridized carbons (Fsp3) is 0.488. The Morgan fingerprint density at radius 2 is 1.96 bits per heavy atom. The van der Waals surface area contributed by atoms with Crippen LogP contribution in [0.4, 0.5) is 23.4 Å². The summed E-state index contributed by atoms with van der Waals surface area (Å²) >= 11 is 0. The zero-order valence-electron chi connectivity index (χ0n) is 30.8. The van der Waals surface area contributed by atoms with Crippen molar-refractivity contribution in [2.75, 3.05) is 70.5 Å². The molecular formula is C41H42F4N8O3. The first-order valence-corrected chi connectivity index (χ1v) is 19.4. The third-order valence-corrected chi connectivity index (χ3v) is 12.5. The average Bonchev–Trinajstić information content (AvgIpc) is 3.98. The van der Waals surface area contributed by atoms with E-state index in [0.29, 0.717) is 55.8 Å². The molecule has 4 aromatic rings. The molecule has 0 radical (unpaired) electrons. The van der Waals surface area contributed by atoms with Crippen LogP contribution in [0.1, 0.15) is 32.1 Å². The van der Waals surface area contributed by atoms with Crippen molar-refractivity contribution in [2.24, 2.45) is 5.92 Å². The number of aromatic nitrogens is 3. The predicted molar refractivity (Wildman–Crippen MR) is 200 cm³/mol. The maximum absolute atomic E-state index is 16.9. The molecule has 292 valence electrons. The van der Waals surface area contributed by atoms with E-state index in [1.54, 1.807) is 23.1 Å². The lowest BCUT2D eigenvalue weighted by Gasteiger charge is -2.41. The second-order valence-corrected chi connectivity index (χ2v) is 15.7. The molecule has 2 aromatic heterocycles. The zero-order valence-corrected chi connectivity index (χ0v) is 30.8. The van der Waals surface area contributed by atoms with E-state index >= 15 is 8.78 Å². The number of halogens is 4. The van der Waals surface area contributed by atoms with Crippen LogP contribution in [0.15, 0.2) is 48.7 Å². The van der Waals surface area contributed by atoms with Crippen LogP contribution in [0.2, 0.25) is 0 Å². The second kappa shape index (κ2) is 14.9. The summed E-state index contributed by atoms with van der Waals surface area (Å²) in [4.78, 5) is 35.3. The minimum atomic E-state index is -1.12. The maximum atomic E-state index is 16.9. The van der Waals surface area contributed by atoms with Gasteiger partial charge >= 0.3 is 6.01 Å². The van der Waals surface area contributed by atoms with Crippen LogP contribution in [0.5, 0.6) is 6.01 Å². The van der Waals surface area contributed by atoms with Gasteiger partial charge in [0.25, 0.3) is 0 Å². The van der Waals surface area contributed by atoms with Crippen LogP contribution in [0, 0.1) is 34.7 Å². The van der Waals surface area contributed by atoms with Crippen molar-refractivity contribution < 1.29 is 31.8 Å². The number of alkyl halides is 1. The number of hydrogen-bond donors (Lipinski definition) is 0. The lowest BCUT2D eigenvalue weighted by Crippen LogP contribution is -2.55. The molecule has 5 fully saturated rings. The number of fused-ring (bicyclic) bond motifs is 4. The average molecular weight is 771 g/mol. The number of benzene rings is 2. The van der Waals surface area contributed by atoms with Crippen LogP contribution >= 0.6 is 0 Å². The van der Waals surface area contributed by atoms with Crippen LogP contribution in [0.3, 0.4) is 0 Å². The minimum Gasteiger partial charge on any atom is -0.461 e. The van der Waals surface area contributed by atoms with Crippen molar-refractivity contribution in [2.45, 2.75) is 55.9 Å². The van der Waals surface area contributed by atoms with Crippen LogP contribution < -0.4 is 9.64 Å². The summed E-state index contributed by atoms with van der Waals surface area (Å²) in [5.41, 5.74) is -0.843. The Morgan fingerprint density at radius 1 is 1.07 bits per heavy atom. The van der Waals surface area contributed by atoms with E-state index in [1.165, 1.54) is 18.3 Å². The van der Waals surface area contributed by atoms with Gasteiger partial charge in [0.1, 0.15) is 29.8 Å². The molecule has 5 aliphatic rings. The summed E-state index contributed by atoms with van der Waals surface area (Å²) in [5, 5.41) is 10.3. The van der Waals surface area contributed by atoms with Crippen molar-refractivity contribution in [1.29, 1.82) is 5.26 Å². The van der Waals surface area contributed by atoms with Gasteiger partial charge in [-0.05, 0) is 43.8 Å². The van der Waals surface area contributed by atoms with E-state index in [4.69, 9.17) is 14.5 Å². The number of amides is 1. The van der Waals surface area contributed by atoms with Gasteiger partial charge in [-0.1, -0.05) is 30.3 Å². The third-order valence-electron chi connectivity index (χ3n) is 12.5. The van der Waals surface area contributed by atoms with E-state index < -0.39 is 35.2 Å². The second-order valence-electron chi connectivity index (χ2n) is 15.7. The Bertz CT molecular complexity index is 2250. The number of nitrogens with zero attached hydrogens (tertiary/aromatic N) is 8. The number of rotatable bonds is 9. The molecule has 15 heteroatoms. The van der Waals surface area contributed by atoms with Gasteiger partial charge in [0, 0.05) is 74.3 Å². The van der Waals surface area contributed by atoms with Gasteiger partial charge in [0.15, 0.2) is 17.5 Å². The van der Waals surface area contributed by atoms with E-state index in [0.717, 1.165) is 45.0 Å². The lowest BCUT2D eigenvalue weighted by atomic mass is 9.95. The Kier molecular flexibility index (Phi) is 9.75. The molecule has 56 heavy (non-hydrogen) atoms. The number of carbonyl (C=O) groups excluding carboxylic acids is 1. The van der Waals surface area contributed by atoms with E-state index in [9.17, 15) is 18.8 Å². The van der Waals surface area contributed by atoms with Crippen molar-refractivity contribution in [1.82, 2.24) is 29.7 Å². The highest BCUT2D eigenvalue weighted by molar-refractivity contribution is 5.99. The normalized spacial score (nSPS) is 26.8. The molecule has 5 atom stereocenters. The molecular weight excluding hydrogens is 728 g/mol. The van der Waals surface area contributed by atoms with Gasteiger partial charge in [-0.25, -0.2) is 17.6 Å². The van der Waals surface area contributed by atoms with Crippen LogP contribution in [-0.4, -0.2) is 125 Å². The van der Waals surface area contributed by atoms with E-state index in [-0.39, 0.29) is 65.6 Å². The van der Waals surface area contributed by atoms with Crippen LogP contribution in [0.25, 0.3) is 32.9 Å². The first-order chi connectivity index (χ1) is 27.2. The van der Waals surface area contributed by atoms with Gasteiger partial charge in [0.2, 0.25) is 5.91 Å². The lowest BCUT2D eigenvalue weighted by molar-refractivity contribution is -0.128. The predicted octanol–water partition coefficient (Wildman–Crippen LogP) is 5.43. The molecule has 0 aliphatic carbocycles. The SMILES string of the molecule is N#CC[C@H]1CN(c2nc(OC[C@@]34CCCN3CC(F)C4)nc3c(F)c(-c4cccc5ccc(F)c(F)c45)ncc23)CCN1C(=O)/C=C/CN1CC[C@@H]2COC[C@H]21. The smallest absolute Gasteiger partial charge is 0.319 e. The highest BCUT2D eigenvalue weighted by Crippen LogP contribution is 2.41. The summed E-state index contributed by atoms with van der Waals surface area (Å²) in [7, 11) is 0. The molecule has 0 saturated carbocycles. The summed E-state index contributed by atoms with van der Waals surface area (Å²) in [6, 6.07) is 9.10. The molecule has 1 amide bonds. The quantitative estimate of drug-likeness (QED) is 0.162. The zero-order chi connectivity index (χ0) is 38.6. The number of piperazine rings is 1. The summed E-state index contributed by atoms with van der Waals surface area (Å²) in [6.45, 7) is 5.07. The van der Waals surface area contributed by atoms with Crippen molar-refractivity contribution >= 4 is 33.4 Å². The first kappa shape index (κ1) is 36.7. The third kappa shape index (κ3) is 6.51. The summed E-state index contributed by atoms with van der Waals surface area (Å²) in [5.74, 6) is -2.43. The molecule has 9 rings (SSSR count). The molecule has 5 saturated heterocycles. The largest absolute Gasteiger partial charge is 0.461 e. The first-order valence-electron chi connectivity index (χ1n) is 19.4. The van der Waals surface area contributed by atoms with E-state index in [1.807, 2.05) is 11.0 Å². The topological polar surface area (TPSA) is 111 Å². The van der Waals surface area contributed by atoms with Crippen molar-refractivity contribution in [3.05, 3.63) is 66.1 Å². The molecule has 5 aliphatic heterocycles. The molecule has 11 nitrogen and oxygen atoms in total. The van der Waals surface area contributed by atoms with Gasteiger partial charge in [-0.15, -0.1) is 0 Å². The van der Waals surface area contributed by atoms with Crippen LogP contribution in [-0.2, 0) is 9.53 Å². The van der Waals surface area contributed by atoms with Gasteiger partial charge in [-0.3, -0.25) is 19.6 Å². The molecule has 1 unspecified atom stereocenters. The number of ether oxygens (including phenoxy) is 2. The van der Waals surface area contributed by atoms with E-state index in [2.05, 4.69) is 25.8 Å². The fourth-order valence-electron chi connectivity index (χ4n) is 9.66. The number of nitriles is 1. The number of carbonyl (C=O) groups is 1. The number of hydrogen-bond acceptors (Lipinski definition) is 10. The number of anilines is 1. The van der Waals surface area contributed by atoms with Gasteiger partial charge < -0.3 is 19.3 Å². The summed E-state index contributed by atoms with van der Waals surface area (Å²) < 4.78 is 73.1. The standard InChI is InChI=1S/C41H42F4N8O3/c42-27-18-41(11-3-14-52(41)20-27)24-56-40-48-38-30(19-47-37(36(38)45)29-5-1-4-25-7-8-31(43)35(44)34(25)29)39(49-40)51-16-17-53(28(21-51)9-12-46)33(54)6-2-13-50-15-10-26-22-55-23-32(26)50/h1-2,4-8,19,26-28,32H,3,9-11,13-18,20-24H2/b6-2+/t26-,27?,28+,32-,41+/m1/s1. The monoisotopic (exact) mass is 770 g/mol. The highest BCUT2D eigenvalue weighted by atomic mass is 19.2. The number of pyridine rings is 1. The Hall–Kier alpha value is -4.91. The molecule has 0 N–H and O–H groups in total. The van der Waals surface area contributed by atoms with Gasteiger partial charge in [-0.2, -0.15) is 15.2 Å². The fourth-order valence-corrected chi connectivity index (χ4v) is 9.66. The molecule has 7 heterocycles. The van der Waals surface area contributed by atoms with Gasteiger partial charge in [0.05, 0.1) is 42.7 Å². The molecule has 0 spiro atoms. The maximum Gasteiger partial charge on any atom is 0.319 e. The number of likely N-dealkylation sites (tertiary alicyclic amines) is 1. The Balaban J connectivity index is 1.04. The Labute approximate surface area is 321 Å². The molecule has 0 bridgehead atoms. The Morgan fingerprint density at radius 3 is 2.84 bits per heavy atom. The van der Waals surface area contributed by atoms with Crippen molar-refractivity contribution in [3.63, 3.8) is 0 Å². The minimum absolute atomic E-state index is 0.0531. The van der Waals surface area contributed by atoms with Crippen molar-refractivity contribution in [3.8, 4) is 23.3 Å².